The molecule has 0 saturated carbocycles. The van der Waals surface area contributed by atoms with E-state index in [0.29, 0.717) is 12.6 Å². The van der Waals surface area contributed by atoms with Crippen LogP contribution in [0.4, 0.5) is 5.82 Å². The van der Waals surface area contributed by atoms with Gasteiger partial charge < -0.3 is 20.3 Å². The van der Waals surface area contributed by atoms with Crippen molar-refractivity contribution in [3.05, 3.63) is 23.9 Å². The Bertz CT molecular complexity index is 561. The van der Waals surface area contributed by atoms with E-state index < -0.39 is 0 Å². The molecule has 1 unspecified atom stereocenters. The Labute approximate surface area is 181 Å². The molecule has 1 saturated heterocycles. The van der Waals surface area contributed by atoms with Crippen LogP contribution in [0.2, 0.25) is 0 Å². The van der Waals surface area contributed by atoms with Crippen molar-refractivity contribution >= 4 is 35.8 Å². The van der Waals surface area contributed by atoms with Gasteiger partial charge >= 0.3 is 0 Å². The maximum absolute atomic E-state index is 5.46. The van der Waals surface area contributed by atoms with Gasteiger partial charge in [0.05, 0.1) is 19.8 Å². The zero-order valence-corrected chi connectivity index (χ0v) is 19.5. The van der Waals surface area contributed by atoms with Crippen LogP contribution in [0, 0.1) is 5.92 Å². The van der Waals surface area contributed by atoms with Gasteiger partial charge in [0, 0.05) is 37.4 Å². The van der Waals surface area contributed by atoms with E-state index in [1.165, 1.54) is 6.42 Å². The number of halogens is 1. The maximum atomic E-state index is 5.46. The van der Waals surface area contributed by atoms with Gasteiger partial charge in [-0.25, -0.2) is 9.98 Å². The lowest BCUT2D eigenvalue weighted by Crippen LogP contribution is -2.42. The molecule has 0 aromatic carbocycles. The highest BCUT2D eigenvalue weighted by atomic mass is 127. The van der Waals surface area contributed by atoms with Crippen molar-refractivity contribution in [3.63, 3.8) is 0 Å². The summed E-state index contributed by atoms with van der Waals surface area (Å²) in [6, 6.07) is 4.51. The number of pyridine rings is 1. The lowest BCUT2D eigenvalue weighted by molar-refractivity contribution is 0.122. The van der Waals surface area contributed by atoms with Crippen molar-refractivity contribution < 1.29 is 4.74 Å². The van der Waals surface area contributed by atoms with Crippen molar-refractivity contribution in [2.75, 3.05) is 37.7 Å². The average Bonchev–Trinajstić information content (AvgIpc) is 2.65. The third-order valence-corrected chi connectivity index (χ3v) is 4.49. The summed E-state index contributed by atoms with van der Waals surface area (Å²) < 4.78 is 5.46. The SMILES string of the molecule is CCNC(=NCc1cccnc1N1CCOCC1)NC(C)CCC(C)C.I. The summed E-state index contributed by atoms with van der Waals surface area (Å²) in [6.07, 6.45) is 4.22. The molecule has 0 spiro atoms. The second-order valence-electron chi connectivity index (χ2n) is 7.30. The van der Waals surface area contributed by atoms with Gasteiger partial charge in [0.2, 0.25) is 0 Å². The van der Waals surface area contributed by atoms with Crippen LogP contribution in [0.15, 0.2) is 23.3 Å². The van der Waals surface area contributed by atoms with Gasteiger partial charge in [-0.2, -0.15) is 0 Å². The molecule has 0 amide bonds. The Morgan fingerprint density at radius 3 is 2.67 bits per heavy atom. The van der Waals surface area contributed by atoms with Crippen LogP contribution in [0.1, 0.15) is 46.1 Å². The summed E-state index contributed by atoms with van der Waals surface area (Å²) in [7, 11) is 0. The maximum Gasteiger partial charge on any atom is 0.191 e. The van der Waals surface area contributed by atoms with E-state index >= 15 is 0 Å². The van der Waals surface area contributed by atoms with E-state index in [0.717, 1.165) is 62.5 Å². The smallest absolute Gasteiger partial charge is 0.191 e. The predicted molar refractivity (Wildman–Crippen MR) is 124 cm³/mol. The van der Waals surface area contributed by atoms with Gasteiger partial charge in [0.25, 0.3) is 0 Å². The molecule has 1 atom stereocenters. The minimum atomic E-state index is 0. The standard InChI is InChI=1S/C20H35N5O.HI/c1-5-21-20(24-17(4)9-8-16(2)3)23-15-18-7-6-10-22-19(18)25-11-13-26-14-12-25;/h6-7,10,16-17H,5,8-9,11-15H2,1-4H3,(H2,21,23,24);1H. The first-order valence-electron chi connectivity index (χ1n) is 9.91. The number of nitrogens with one attached hydrogen (secondary N) is 2. The number of rotatable bonds is 8. The topological polar surface area (TPSA) is 61.8 Å². The van der Waals surface area contributed by atoms with Crippen molar-refractivity contribution in [1.82, 2.24) is 15.6 Å². The van der Waals surface area contributed by atoms with Crippen LogP contribution >= 0.6 is 24.0 Å². The van der Waals surface area contributed by atoms with Crippen LogP contribution in [0.25, 0.3) is 0 Å². The van der Waals surface area contributed by atoms with E-state index in [4.69, 9.17) is 9.73 Å². The Kier molecular flexibility index (Phi) is 11.7. The van der Waals surface area contributed by atoms with Crippen LogP contribution in [-0.4, -0.2) is 49.8 Å². The Balaban J connectivity index is 0.00000364. The molecular formula is C20H36IN5O. The van der Waals surface area contributed by atoms with Gasteiger partial charge in [-0.15, -0.1) is 24.0 Å². The summed E-state index contributed by atoms with van der Waals surface area (Å²) in [5, 5.41) is 6.88. The summed E-state index contributed by atoms with van der Waals surface area (Å²) in [4.78, 5) is 11.7. The van der Waals surface area contributed by atoms with Crippen LogP contribution < -0.4 is 15.5 Å². The van der Waals surface area contributed by atoms with Crippen LogP contribution in [-0.2, 0) is 11.3 Å². The molecule has 0 bridgehead atoms. The van der Waals surface area contributed by atoms with Crippen molar-refractivity contribution in [2.45, 2.75) is 53.1 Å². The van der Waals surface area contributed by atoms with E-state index in [1.54, 1.807) is 0 Å². The summed E-state index contributed by atoms with van der Waals surface area (Å²) in [5.41, 5.74) is 1.15. The minimum Gasteiger partial charge on any atom is -0.378 e. The highest BCUT2D eigenvalue weighted by molar-refractivity contribution is 14.0. The second kappa shape index (κ2) is 13.1. The molecule has 7 heteroatoms. The molecule has 0 radical (unpaired) electrons. The van der Waals surface area contributed by atoms with Gasteiger partial charge in [0.15, 0.2) is 5.96 Å². The lowest BCUT2D eigenvalue weighted by Gasteiger charge is -2.29. The first kappa shape index (κ1) is 23.9. The molecule has 1 aromatic heterocycles. The molecule has 2 heterocycles. The monoisotopic (exact) mass is 489 g/mol. The molecule has 6 nitrogen and oxygen atoms in total. The normalized spacial score (nSPS) is 16.0. The number of aromatic nitrogens is 1. The van der Waals surface area contributed by atoms with E-state index in [1.807, 2.05) is 12.3 Å². The Morgan fingerprint density at radius 1 is 1.26 bits per heavy atom. The van der Waals surface area contributed by atoms with Gasteiger partial charge in [-0.05, 0) is 38.7 Å². The summed E-state index contributed by atoms with van der Waals surface area (Å²) in [5.74, 6) is 2.63. The summed E-state index contributed by atoms with van der Waals surface area (Å²) >= 11 is 0. The third kappa shape index (κ3) is 8.64. The van der Waals surface area contributed by atoms with Gasteiger partial charge in [0.1, 0.15) is 5.82 Å². The zero-order chi connectivity index (χ0) is 18.8. The number of nitrogens with zero attached hydrogens (tertiary/aromatic N) is 3. The predicted octanol–water partition coefficient (Wildman–Crippen LogP) is 3.42. The second-order valence-corrected chi connectivity index (χ2v) is 7.30. The molecule has 1 aromatic rings. The quantitative estimate of drug-likeness (QED) is 0.333. The first-order valence-corrected chi connectivity index (χ1v) is 9.91. The summed E-state index contributed by atoms with van der Waals surface area (Å²) in [6.45, 7) is 13.6. The number of aliphatic imine (C=N–C) groups is 1. The highest BCUT2D eigenvalue weighted by Crippen LogP contribution is 2.19. The molecular weight excluding hydrogens is 453 g/mol. The average molecular weight is 489 g/mol. The molecule has 27 heavy (non-hydrogen) atoms. The fourth-order valence-electron chi connectivity index (χ4n) is 2.99. The van der Waals surface area contributed by atoms with E-state index in [9.17, 15) is 0 Å². The van der Waals surface area contributed by atoms with Crippen molar-refractivity contribution in [1.29, 1.82) is 0 Å². The van der Waals surface area contributed by atoms with Crippen LogP contribution in [0.5, 0.6) is 0 Å². The zero-order valence-electron chi connectivity index (χ0n) is 17.2. The fourth-order valence-corrected chi connectivity index (χ4v) is 2.99. The minimum absolute atomic E-state index is 0. The molecule has 2 N–H and O–H groups in total. The molecule has 1 aliphatic rings. The number of hydrogen-bond donors (Lipinski definition) is 2. The Morgan fingerprint density at radius 2 is 2.00 bits per heavy atom. The Hall–Kier alpha value is -1.09. The lowest BCUT2D eigenvalue weighted by atomic mass is 10.0. The number of morpholine rings is 1. The number of hydrogen-bond acceptors (Lipinski definition) is 4. The van der Waals surface area contributed by atoms with Gasteiger partial charge in [-0.3, -0.25) is 0 Å². The van der Waals surface area contributed by atoms with E-state index in [-0.39, 0.29) is 24.0 Å². The number of guanidine groups is 1. The molecule has 1 aliphatic heterocycles. The molecule has 2 rings (SSSR count). The van der Waals surface area contributed by atoms with E-state index in [2.05, 4.69) is 54.3 Å². The van der Waals surface area contributed by atoms with Crippen molar-refractivity contribution in [3.8, 4) is 0 Å². The fraction of sp³-hybridized carbons (Fsp3) is 0.700. The first-order chi connectivity index (χ1) is 12.6. The largest absolute Gasteiger partial charge is 0.378 e. The molecule has 1 fully saturated rings. The van der Waals surface area contributed by atoms with Crippen LogP contribution in [0.3, 0.4) is 0 Å². The molecule has 154 valence electrons. The number of ether oxygens (including phenoxy) is 1. The van der Waals surface area contributed by atoms with Gasteiger partial charge in [-0.1, -0.05) is 19.9 Å². The highest BCUT2D eigenvalue weighted by Gasteiger charge is 2.15. The number of anilines is 1. The van der Waals surface area contributed by atoms with Crippen molar-refractivity contribution in [2.24, 2.45) is 10.9 Å². The molecule has 0 aliphatic carbocycles. The third-order valence-electron chi connectivity index (χ3n) is 4.49.